The molecule has 1 rings (SSSR count). The van der Waals surface area contributed by atoms with Gasteiger partial charge in [0, 0.05) is 10.9 Å². The van der Waals surface area contributed by atoms with Crippen LogP contribution in [0.3, 0.4) is 0 Å². The molecule has 0 unspecified atom stereocenters. The highest BCUT2D eigenvalue weighted by Crippen LogP contribution is 2.27. The van der Waals surface area contributed by atoms with E-state index in [0.717, 1.165) is 0 Å². The zero-order chi connectivity index (χ0) is 13.4. The van der Waals surface area contributed by atoms with Crippen molar-refractivity contribution in [1.29, 1.82) is 0 Å². The number of carbonyl (C=O) groups excluding carboxylic acids is 1. The van der Waals surface area contributed by atoms with Crippen LogP contribution in [0.2, 0.25) is 10.0 Å². The molecule has 0 aliphatic heterocycles. The van der Waals surface area contributed by atoms with Crippen LogP contribution < -0.4 is 4.74 Å². The second kappa shape index (κ2) is 8.25. The Morgan fingerprint density at radius 1 is 1.28 bits per heavy atom. The Bertz CT molecular complexity index is 433. The molecule has 0 aromatic heterocycles. The Labute approximate surface area is 120 Å². The maximum Gasteiger partial charge on any atom is 0.344 e. The van der Waals surface area contributed by atoms with E-state index in [1.54, 1.807) is 24.3 Å². The molecule has 0 N–H and O–H groups in total. The SMILES string of the molecule is O=C(COc1ccc(Cl)cc1Cl)OCC=CCCl. The molecule has 0 spiro atoms. The molecule has 0 radical (unpaired) electrons. The van der Waals surface area contributed by atoms with Gasteiger partial charge in [0.25, 0.3) is 0 Å². The van der Waals surface area contributed by atoms with E-state index in [-0.39, 0.29) is 13.2 Å². The Morgan fingerprint density at radius 2 is 2.06 bits per heavy atom. The Kier molecular flexibility index (Phi) is 6.94. The molecule has 0 atom stereocenters. The van der Waals surface area contributed by atoms with Gasteiger partial charge in [0.1, 0.15) is 12.4 Å². The number of hydrogen-bond donors (Lipinski definition) is 0. The fourth-order valence-electron chi connectivity index (χ4n) is 1.04. The van der Waals surface area contributed by atoms with Gasteiger partial charge in [-0.3, -0.25) is 0 Å². The molecule has 0 amide bonds. The first-order chi connectivity index (χ1) is 8.63. The standard InChI is InChI=1S/C12H11Cl3O3/c13-5-1-2-6-17-12(16)8-18-11-4-3-9(14)7-10(11)15/h1-4,7H,5-6,8H2. The van der Waals surface area contributed by atoms with Crippen molar-refractivity contribution in [1.82, 2.24) is 0 Å². The van der Waals surface area contributed by atoms with E-state index in [2.05, 4.69) is 0 Å². The molecule has 1 aromatic carbocycles. The van der Waals surface area contributed by atoms with E-state index < -0.39 is 5.97 Å². The molecule has 1 aromatic rings. The fourth-order valence-corrected chi connectivity index (χ4v) is 1.63. The van der Waals surface area contributed by atoms with Crippen LogP contribution in [0.4, 0.5) is 0 Å². The first-order valence-corrected chi connectivity index (χ1v) is 6.37. The van der Waals surface area contributed by atoms with Gasteiger partial charge in [-0.15, -0.1) is 11.6 Å². The zero-order valence-corrected chi connectivity index (χ0v) is 11.6. The van der Waals surface area contributed by atoms with Crippen molar-refractivity contribution in [2.45, 2.75) is 0 Å². The normalized spacial score (nSPS) is 10.6. The predicted molar refractivity (Wildman–Crippen MR) is 72.8 cm³/mol. The number of halogens is 3. The van der Waals surface area contributed by atoms with Crippen LogP contribution >= 0.6 is 34.8 Å². The van der Waals surface area contributed by atoms with E-state index in [4.69, 9.17) is 44.3 Å². The topological polar surface area (TPSA) is 35.5 Å². The molecular formula is C12H11Cl3O3. The molecule has 0 bridgehead atoms. The average molecular weight is 310 g/mol. The van der Waals surface area contributed by atoms with E-state index >= 15 is 0 Å². The molecule has 3 nitrogen and oxygen atoms in total. The molecule has 98 valence electrons. The number of benzene rings is 1. The summed E-state index contributed by atoms with van der Waals surface area (Å²) in [6.45, 7) is -0.0423. The molecule has 0 aliphatic rings. The van der Waals surface area contributed by atoms with Gasteiger partial charge in [-0.25, -0.2) is 4.79 Å². The van der Waals surface area contributed by atoms with Gasteiger partial charge in [0.05, 0.1) is 5.02 Å². The van der Waals surface area contributed by atoms with Crippen molar-refractivity contribution < 1.29 is 14.3 Å². The molecule has 0 saturated carbocycles. The highest BCUT2D eigenvalue weighted by atomic mass is 35.5. The van der Waals surface area contributed by atoms with Crippen molar-refractivity contribution in [2.24, 2.45) is 0 Å². The van der Waals surface area contributed by atoms with Crippen molar-refractivity contribution in [2.75, 3.05) is 19.1 Å². The first kappa shape index (κ1) is 15.2. The number of allylic oxidation sites excluding steroid dienone is 1. The minimum absolute atomic E-state index is 0.170. The molecule has 6 heteroatoms. The lowest BCUT2D eigenvalue weighted by Gasteiger charge is -2.07. The third-order valence-electron chi connectivity index (χ3n) is 1.84. The summed E-state index contributed by atoms with van der Waals surface area (Å²) in [4.78, 5) is 11.3. The number of esters is 1. The summed E-state index contributed by atoms with van der Waals surface area (Å²) in [6.07, 6.45) is 3.34. The quantitative estimate of drug-likeness (QED) is 0.456. The van der Waals surface area contributed by atoms with Crippen molar-refractivity contribution in [3.8, 4) is 5.75 Å². The van der Waals surface area contributed by atoms with E-state index in [1.165, 1.54) is 6.07 Å². The predicted octanol–water partition coefficient (Wildman–Crippen LogP) is 3.71. The number of hydrogen-bond acceptors (Lipinski definition) is 3. The van der Waals surface area contributed by atoms with Crippen LogP contribution in [0.15, 0.2) is 30.4 Å². The maximum atomic E-state index is 11.3. The minimum atomic E-state index is -0.486. The molecule has 0 saturated heterocycles. The molecular weight excluding hydrogens is 298 g/mol. The van der Waals surface area contributed by atoms with Crippen LogP contribution in [0.1, 0.15) is 0 Å². The average Bonchev–Trinajstić information content (AvgIpc) is 2.33. The van der Waals surface area contributed by atoms with Gasteiger partial charge in [-0.05, 0) is 18.2 Å². The lowest BCUT2D eigenvalue weighted by molar-refractivity contribution is -0.144. The van der Waals surface area contributed by atoms with Gasteiger partial charge in [-0.1, -0.05) is 35.4 Å². The lowest BCUT2D eigenvalue weighted by Crippen LogP contribution is -2.15. The van der Waals surface area contributed by atoms with E-state index in [0.29, 0.717) is 21.7 Å². The second-order valence-corrected chi connectivity index (χ2v) is 4.32. The van der Waals surface area contributed by atoms with Crippen molar-refractivity contribution >= 4 is 40.8 Å². The van der Waals surface area contributed by atoms with Gasteiger partial charge in [-0.2, -0.15) is 0 Å². The lowest BCUT2D eigenvalue weighted by atomic mass is 10.3. The van der Waals surface area contributed by atoms with Crippen molar-refractivity contribution in [3.05, 3.63) is 40.4 Å². The smallest absolute Gasteiger partial charge is 0.344 e. The first-order valence-electron chi connectivity index (χ1n) is 5.08. The zero-order valence-electron chi connectivity index (χ0n) is 9.37. The van der Waals surface area contributed by atoms with Gasteiger partial charge < -0.3 is 9.47 Å². The van der Waals surface area contributed by atoms with Crippen LogP contribution in [0.25, 0.3) is 0 Å². The van der Waals surface area contributed by atoms with Crippen LogP contribution in [-0.4, -0.2) is 25.1 Å². The molecule has 0 fully saturated rings. The van der Waals surface area contributed by atoms with Crippen LogP contribution in [0.5, 0.6) is 5.75 Å². The minimum Gasteiger partial charge on any atom is -0.480 e. The fraction of sp³-hybridized carbons (Fsp3) is 0.250. The number of carbonyl (C=O) groups is 1. The largest absolute Gasteiger partial charge is 0.480 e. The summed E-state index contributed by atoms with van der Waals surface area (Å²) in [6, 6.07) is 4.75. The molecule has 18 heavy (non-hydrogen) atoms. The Balaban J connectivity index is 2.36. The Morgan fingerprint density at radius 3 is 2.72 bits per heavy atom. The number of ether oxygens (including phenoxy) is 2. The summed E-state index contributed by atoms with van der Waals surface area (Å²) < 4.78 is 10.0. The highest BCUT2D eigenvalue weighted by Gasteiger charge is 2.06. The highest BCUT2D eigenvalue weighted by molar-refractivity contribution is 6.35. The van der Waals surface area contributed by atoms with Gasteiger partial charge in [0.2, 0.25) is 0 Å². The third kappa shape index (κ3) is 5.63. The van der Waals surface area contributed by atoms with Gasteiger partial charge >= 0.3 is 5.97 Å². The van der Waals surface area contributed by atoms with E-state index in [1.807, 2.05) is 0 Å². The molecule has 0 aliphatic carbocycles. The number of rotatable bonds is 6. The monoisotopic (exact) mass is 308 g/mol. The maximum absolute atomic E-state index is 11.3. The molecule has 0 heterocycles. The summed E-state index contributed by atoms with van der Waals surface area (Å²) in [5.74, 6) is 0.281. The Hall–Kier alpha value is -0.900. The van der Waals surface area contributed by atoms with Gasteiger partial charge in [0.15, 0.2) is 6.61 Å². The number of alkyl halides is 1. The second-order valence-electron chi connectivity index (χ2n) is 3.17. The van der Waals surface area contributed by atoms with E-state index in [9.17, 15) is 4.79 Å². The summed E-state index contributed by atoms with van der Waals surface area (Å²) in [5.41, 5.74) is 0. The summed E-state index contributed by atoms with van der Waals surface area (Å²) in [5, 5.41) is 0.846. The van der Waals surface area contributed by atoms with Crippen molar-refractivity contribution in [3.63, 3.8) is 0 Å². The summed E-state index contributed by atoms with van der Waals surface area (Å²) in [7, 11) is 0. The van der Waals surface area contributed by atoms with Crippen LogP contribution in [-0.2, 0) is 9.53 Å². The van der Waals surface area contributed by atoms with Crippen LogP contribution in [0, 0.1) is 0 Å². The summed E-state index contributed by atoms with van der Waals surface area (Å²) >= 11 is 17.0. The third-order valence-corrected chi connectivity index (χ3v) is 2.54.